The maximum atomic E-state index is 11.4. The van der Waals surface area contributed by atoms with Crippen molar-refractivity contribution in [3.8, 4) is 0 Å². The molecule has 0 aromatic heterocycles. The molecule has 0 aliphatic heterocycles. The van der Waals surface area contributed by atoms with Crippen molar-refractivity contribution in [1.82, 2.24) is 5.32 Å². The van der Waals surface area contributed by atoms with E-state index in [1.165, 1.54) is 0 Å². The van der Waals surface area contributed by atoms with Crippen LogP contribution in [0.25, 0.3) is 0 Å². The minimum atomic E-state index is -0.936. The molecular weight excluding hydrogens is 373 g/mol. The lowest BCUT2D eigenvalue weighted by Crippen LogP contribution is -2.37. The molecule has 0 aliphatic carbocycles. The second-order valence-corrected chi connectivity index (χ2v) is 5.45. The van der Waals surface area contributed by atoms with Crippen LogP contribution in [0.5, 0.6) is 0 Å². The molecule has 0 radical (unpaired) electrons. The molecule has 1 amide bonds. The number of carbonyl (C=O) groups is 2. The highest BCUT2D eigenvalue weighted by Crippen LogP contribution is 2.15. The molecule has 1 aromatic rings. The lowest BCUT2D eigenvalue weighted by molar-refractivity contribution is -0.137. The summed E-state index contributed by atoms with van der Waals surface area (Å²) in [4.78, 5) is 22.2. The van der Waals surface area contributed by atoms with Crippen molar-refractivity contribution in [2.24, 2.45) is 0 Å². The van der Waals surface area contributed by atoms with Crippen molar-refractivity contribution in [2.45, 2.75) is 32.2 Å². The molecule has 0 bridgehead atoms. The Bertz CT molecular complexity index is 464. The number of hydrogen-bond acceptors (Lipinski definition) is 3. The summed E-state index contributed by atoms with van der Waals surface area (Å²) >= 11 is 2.24. The molecule has 0 fully saturated rings. The van der Waals surface area contributed by atoms with E-state index in [2.05, 4.69) is 27.9 Å². The summed E-state index contributed by atoms with van der Waals surface area (Å²) < 4.78 is 5.92. The van der Waals surface area contributed by atoms with Gasteiger partial charge >= 0.3 is 12.1 Å². The molecule has 6 heteroatoms. The predicted octanol–water partition coefficient (Wildman–Crippen LogP) is 2.81. The van der Waals surface area contributed by atoms with Gasteiger partial charge in [0.15, 0.2) is 0 Å². The Labute approximate surface area is 131 Å². The Balaban J connectivity index is 2.58. The molecule has 0 saturated carbocycles. The number of carbonyl (C=O) groups excluding carboxylic acids is 1. The quantitative estimate of drug-likeness (QED) is 0.701. The molecule has 0 spiro atoms. The van der Waals surface area contributed by atoms with Gasteiger partial charge in [-0.1, -0.05) is 18.2 Å². The van der Waals surface area contributed by atoms with Crippen molar-refractivity contribution >= 4 is 34.7 Å². The monoisotopic (exact) mass is 391 g/mol. The van der Waals surface area contributed by atoms with Crippen LogP contribution in [0.3, 0.4) is 0 Å². The van der Waals surface area contributed by atoms with Gasteiger partial charge in [-0.2, -0.15) is 0 Å². The molecule has 2 N–H and O–H groups in total. The van der Waals surface area contributed by atoms with E-state index in [0.717, 1.165) is 9.13 Å². The maximum absolute atomic E-state index is 11.4. The molecule has 1 rings (SSSR count). The van der Waals surface area contributed by atoms with E-state index in [-0.39, 0.29) is 13.0 Å². The number of alkyl carbamates (subject to hydrolysis) is 1. The lowest BCUT2D eigenvalue weighted by atomic mass is 10.0. The Hall–Kier alpha value is -1.31. The standard InChI is InChI=1S/C14H18INO4/c1-2-20-14(19)16-11(9-13(17)18)8-7-10-5-3-4-6-12(10)15/h3-6,11H,2,7-9H2,1H3,(H,16,19)(H,17,18). The van der Waals surface area contributed by atoms with E-state index < -0.39 is 18.1 Å². The minimum absolute atomic E-state index is 0.109. The van der Waals surface area contributed by atoms with Crippen LogP contribution >= 0.6 is 22.6 Å². The minimum Gasteiger partial charge on any atom is -0.481 e. The molecule has 1 atom stereocenters. The normalized spacial score (nSPS) is 11.7. The average Bonchev–Trinajstić information content (AvgIpc) is 2.37. The van der Waals surface area contributed by atoms with Crippen LogP contribution in [0.1, 0.15) is 25.3 Å². The zero-order valence-corrected chi connectivity index (χ0v) is 13.4. The van der Waals surface area contributed by atoms with E-state index in [4.69, 9.17) is 9.84 Å². The Morgan fingerprint density at radius 2 is 2.10 bits per heavy atom. The molecule has 0 heterocycles. The lowest BCUT2D eigenvalue weighted by Gasteiger charge is -2.17. The summed E-state index contributed by atoms with van der Waals surface area (Å²) in [6.45, 7) is 1.97. The number of ether oxygens (including phenoxy) is 1. The topological polar surface area (TPSA) is 75.6 Å². The molecule has 0 saturated heterocycles. The van der Waals surface area contributed by atoms with Crippen LogP contribution in [0.15, 0.2) is 24.3 Å². The van der Waals surface area contributed by atoms with Crippen molar-refractivity contribution in [3.05, 3.63) is 33.4 Å². The fraction of sp³-hybridized carbons (Fsp3) is 0.429. The van der Waals surface area contributed by atoms with Gasteiger partial charge < -0.3 is 15.2 Å². The van der Waals surface area contributed by atoms with E-state index in [9.17, 15) is 9.59 Å². The Morgan fingerprint density at radius 3 is 2.70 bits per heavy atom. The zero-order valence-electron chi connectivity index (χ0n) is 11.3. The summed E-state index contributed by atoms with van der Waals surface area (Å²) in [7, 11) is 0. The fourth-order valence-corrected chi connectivity index (χ4v) is 2.46. The fourth-order valence-electron chi connectivity index (χ4n) is 1.81. The van der Waals surface area contributed by atoms with E-state index in [1.54, 1.807) is 6.92 Å². The molecule has 0 aliphatic rings. The van der Waals surface area contributed by atoms with Crippen LogP contribution in [-0.4, -0.2) is 29.8 Å². The first-order valence-corrected chi connectivity index (χ1v) is 7.49. The third kappa shape index (κ3) is 6.23. The number of benzene rings is 1. The van der Waals surface area contributed by atoms with Gasteiger partial charge in [-0.25, -0.2) is 4.79 Å². The first kappa shape index (κ1) is 16.7. The molecular formula is C14H18INO4. The third-order valence-corrected chi connectivity index (χ3v) is 3.79. The number of amides is 1. The van der Waals surface area contributed by atoms with Gasteiger partial charge in [0.1, 0.15) is 0 Å². The summed E-state index contributed by atoms with van der Waals surface area (Å²) in [5.74, 6) is -0.936. The second-order valence-electron chi connectivity index (χ2n) is 4.29. The zero-order chi connectivity index (χ0) is 15.0. The highest BCUT2D eigenvalue weighted by molar-refractivity contribution is 14.1. The largest absolute Gasteiger partial charge is 0.481 e. The average molecular weight is 391 g/mol. The van der Waals surface area contributed by atoms with Crippen molar-refractivity contribution in [3.63, 3.8) is 0 Å². The van der Waals surface area contributed by atoms with Gasteiger partial charge in [-0.3, -0.25) is 4.79 Å². The number of halogens is 1. The number of hydrogen-bond donors (Lipinski definition) is 2. The number of nitrogens with one attached hydrogen (secondary N) is 1. The second kappa shape index (κ2) is 8.78. The van der Waals surface area contributed by atoms with Crippen LogP contribution in [0, 0.1) is 3.57 Å². The summed E-state index contributed by atoms with van der Waals surface area (Å²) in [6, 6.07) is 7.48. The first-order chi connectivity index (χ1) is 9.52. The molecule has 1 unspecified atom stereocenters. The first-order valence-electron chi connectivity index (χ1n) is 6.41. The van der Waals surface area contributed by atoms with E-state index in [1.807, 2.05) is 24.3 Å². The molecule has 5 nitrogen and oxygen atoms in total. The van der Waals surface area contributed by atoms with Crippen molar-refractivity contribution in [2.75, 3.05) is 6.61 Å². The summed E-state index contributed by atoms with van der Waals surface area (Å²) in [5.41, 5.74) is 1.15. The smallest absolute Gasteiger partial charge is 0.407 e. The number of carboxylic acids is 1. The molecule has 20 heavy (non-hydrogen) atoms. The van der Waals surface area contributed by atoms with Crippen LogP contribution < -0.4 is 5.32 Å². The van der Waals surface area contributed by atoms with Gasteiger partial charge in [0.2, 0.25) is 0 Å². The highest BCUT2D eigenvalue weighted by Gasteiger charge is 2.17. The predicted molar refractivity (Wildman–Crippen MR) is 83.7 cm³/mol. The van der Waals surface area contributed by atoms with Crippen LogP contribution in [-0.2, 0) is 16.0 Å². The van der Waals surface area contributed by atoms with E-state index >= 15 is 0 Å². The van der Waals surface area contributed by atoms with Crippen molar-refractivity contribution < 1.29 is 19.4 Å². The Kier molecular flexibility index (Phi) is 7.35. The summed E-state index contributed by atoms with van der Waals surface area (Å²) in [6.07, 6.45) is 0.595. The number of carboxylic acid groups (broad SMARTS) is 1. The van der Waals surface area contributed by atoms with Crippen LogP contribution in [0.2, 0.25) is 0 Å². The number of aliphatic carboxylic acids is 1. The molecule has 1 aromatic carbocycles. The van der Waals surface area contributed by atoms with Gasteiger partial charge in [0, 0.05) is 9.61 Å². The van der Waals surface area contributed by atoms with Gasteiger partial charge in [0.25, 0.3) is 0 Å². The third-order valence-electron chi connectivity index (χ3n) is 2.74. The number of rotatable bonds is 7. The van der Waals surface area contributed by atoms with Gasteiger partial charge in [-0.05, 0) is 54.0 Å². The maximum Gasteiger partial charge on any atom is 0.407 e. The highest BCUT2D eigenvalue weighted by atomic mass is 127. The molecule has 110 valence electrons. The Morgan fingerprint density at radius 1 is 1.40 bits per heavy atom. The van der Waals surface area contributed by atoms with Gasteiger partial charge in [0.05, 0.1) is 13.0 Å². The SMILES string of the molecule is CCOC(=O)NC(CCc1ccccc1I)CC(=O)O. The van der Waals surface area contributed by atoms with Crippen molar-refractivity contribution in [1.29, 1.82) is 0 Å². The summed E-state index contributed by atoms with van der Waals surface area (Å²) in [5, 5.41) is 11.5. The van der Waals surface area contributed by atoms with Crippen LogP contribution in [0.4, 0.5) is 4.79 Å². The van der Waals surface area contributed by atoms with Gasteiger partial charge in [-0.15, -0.1) is 0 Å². The van der Waals surface area contributed by atoms with E-state index in [0.29, 0.717) is 12.8 Å². The number of aryl methyl sites for hydroxylation is 1.